The van der Waals surface area contributed by atoms with Crippen LogP contribution in [-0.4, -0.2) is 52.9 Å². The Balaban J connectivity index is 1.56. The van der Waals surface area contributed by atoms with Crippen molar-refractivity contribution in [2.75, 3.05) is 32.0 Å². The van der Waals surface area contributed by atoms with Crippen LogP contribution < -0.4 is 5.73 Å². The Kier molecular flexibility index (Phi) is 4.12. The lowest BCUT2D eigenvalue weighted by Crippen LogP contribution is -2.56. The van der Waals surface area contributed by atoms with Crippen LogP contribution in [0, 0.1) is 0 Å². The number of nitrogen functional groups attached to an aromatic ring is 1. The molecule has 2 aromatic rings. The molecule has 128 valence electrons. The summed E-state index contributed by atoms with van der Waals surface area (Å²) in [5.41, 5.74) is 6.93. The van der Waals surface area contributed by atoms with Gasteiger partial charge < -0.3 is 15.2 Å². The van der Waals surface area contributed by atoms with Gasteiger partial charge in [0.25, 0.3) is 0 Å². The lowest BCUT2D eigenvalue weighted by molar-refractivity contribution is -0.185. The first kappa shape index (κ1) is 15.7. The van der Waals surface area contributed by atoms with Crippen molar-refractivity contribution in [1.29, 1.82) is 0 Å². The molecule has 1 unspecified atom stereocenters. The highest BCUT2D eigenvalue weighted by Crippen LogP contribution is 2.32. The number of hydrogen-bond donors (Lipinski definition) is 1. The van der Waals surface area contributed by atoms with Gasteiger partial charge in [0.1, 0.15) is 11.6 Å². The highest BCUT2D eigenvalue weighted by Gasteiger charge is 2.40. The minimum Gasteiger partial charge on any atom is -0.383 e. The zero-order chi connectivity index (χ0) is 16.6. The Labute approximate surface area is 142 Å². The Morgan fingerprint density at radius 2 is 2.04 bits per heavy atom. The van der Waals surface area contributed by atoms with Crippen molar-refractivity contribution in [3.63, 3.8) is 0 Å². The molecule has 6 nitrogen and oxygen atoms in total. The molecule has 2 fully saturated rings. The van der Waals surface area contributed by atoms with Crippen molar-refractivity contribution < 1.29 is 9.47 Å². The van der Waals surface area contributed by atoms with Gasteiger partial charge in [0.15, 0.2) is 0 Å². The molecule has 1 aromatic carbocycles. The number of ether oxygens (including phenoxy) is 2. The average molecular weight is 328 g/mol. The van der Waals surface area contributed by atoms with Crippen LogP contribution in [-0.2, 0) is 16.0 Å². The van der Waals surface area contributed by atoms with Crippen molar-refractivity contribution in [2.24, 2.45) is 0 Å². The van der Waals surface area contributed by atoms with Crippen LogP contribution in [0.2, 0.25) is 0 Å². The highest BCUT2D eigenvalue weighted by atomic mass is 16.5. The van der Waals surface area contributed by atoms with Crippen LogP contribution in [0.4, 0.5) is 5.82 Å². The molecule has 0 aliphatic carbocycles. The Morgan fingerprint density at radius 1 is 1.25 bits per heavy atom. The van der Waals surface area contributed by atoms with Gasteiger partial charge >= 0.3 is 0 Å². The van der Waals surface area contributed by atoms with Crippen molar-refractivity contribution in [3.05, 3.63) is 30.1 Å². The maximum atomic E-state index is 6.29. The number of benzene rings is 1. The largest absolute Gasteiger partial charge is 0.383 e. The van der Waals surface area contributed by atoms with E-state index in [-0.39, 0.29) is 11.7 Å². The quantitative estimate of drug-likeness (QED) is 0.909. The number of nitrogens with zero attached hydrogens (tertiary/aromatic N) is 3. The van der Waals surface area contributed by atoms with E-state index in [2.05, 4.69) is 16.8 Å². The van der Waals surface area contributed by atoms with Gasteiger partial charge in [-0.05, 0) is 19.1 Å². The fraction of sp³-hybridized carbons (Fsp3) is 0.556. The third kappa shape index (κ3) is 3.09. The molecule has 0 bridgehead atoms. The van der Waals surface area contributed by atoms with Crippen LogP contribution in [0.25, 0.3) is 10.9 Å². The summed E-state index contributed by atoms with van der Waals surface area (Å²) >= 11 is 0. The molecule has 2 N–H and O–H groups in total. The summed E-state index contributed by atoms with van der Waals surface area (Å²) in [4.78, 5) is 11.6. The summed E-state index contributed by atoms with van der Waals surface area (Å²) in [6.45, 7) is 6.18. The first-order chi connectivity index (χ1) is 11.6. The third-order valence-corrected chi connectivity index (χ3v) is 4.93. The summed E-state index contributed by atoms with van der Waals surface area (Å²) in [5, 5.41) is 0.914. The second-order valence-corrected chi connectivity index (χ2v) is 6.94. The van der Waals surface area contributed by atoms with Gasteiger partial charge in [-0.1, -0.05) is 12.1 Å². The SMILES string of the molecule is CC1CN(Cc2nc(N)c3ccccc3n2)CC2(CCOCC2)O1. The molecule has 1 aromatic heterocycles. The van der Waals surface area contributed by atoms with E-state index in [4.69, 9.17) is 20.2 Å². The molecule has 0 radical (unpaired) electrons. The molecular weight excluding hydrogens is 304 g/mol. The number of rotatable bonds is 2. The minimum absolute atomic E-state index is 0.0850. The molecule has 24 heavy (non-hydrogen) atoms. The van der Waals surface area contributed by atoms with E-state index >= 15 is 0 Å². The van der Waals surface area contributed by atoms with Gasteiger partial charge in [-0.15, -0.1) is 0 Å². The predicted octanol–water partition coefficient (Wildman–Crippen LogP) is 1.98. The zero-order valence-electron chi connectivity index (χ0n) is 14.1. The fourth-order valence-electron chi connectivity index (χ4n) is 3.90. The molecule has 0 amide bonds. The topological polar surface area (TPSA) is 73.5 Å². The maximum absolute atomic E-state index is 6.29. The van der Waals surface area contributed by atoms with Crippen LogP contribution in [0.3, 0.4) is 0 Å². The summed E-state index contributed by atoms with van der Waals surface area (Å²) in [6.07, 6.45) is 2.11. The monoisotopic (exact) mass is 328 g/mol. The standard InChI is InChI=1S/C18H24N4O2/c1-13-10-22(12-18(24-13)6-8-23-9-7-18)11-16-20-15-5-3-2-4-14(15)17(19)21-16/h2-5,13H,6-12H2,1H3,(H2,19,20,21). The molecule has 1 atom stereocenters. The summed E-state index contributed by atoms with van der Waals surface area (Å²) in [6, 6.07) is 7.88. The van der Waals surface area contributed by atoms with Gasteiger partial charge in [-0.2, -0.15) is 0 Å². The molecule has 1 spiro atoms. The van der Waals surface area contributed by atoms with E-state index in [1.807, 2.05) is 24.3 Å². The van der Waals surface area contributed by atoms with Crippen molar-refractivity contribution in [2.45, 2.75) is 38.0 Å². The maximum Gasteiger partial charge on any atom is 0.145 e. The zero-order valence-corrected chi connectivity index (χ0v) is 14.1. The van der Waals surface area contributed by atoms with E-state index in [1.165, 1.54) is 0 Å². The van der Waals surface area contributed by atoms with Crippen molar-refractivity contribution >= 4 is 16.7 Å². The lowest BCUT2D eigenvalue weighted by Gasteiger charge is -2.47. The first-order valence-corrected chi connectivity index (χ1v) is 8.63. The molecule has 0 saturated carbocycles. The Bertz CT molecular complexity index is 730. The summed E-state index contributed by atoms with van der Waals surface area (Å²) in [7, 11) is 0. The Hall–Kier alpha value is -1.76. The van der Waals surface area contributed by atoms with E-state index in [0.717, 1.165) is 55.9 Å². The normalized spacial score (nSPS) is 24.5. The van der Waals surface area contributed by atoms with E-state index < -0.39 is 0 Å². The lowest BCUT2D eigenvalue weighted by atomic mass is 9.91. The number of anilines is 1. The van der Waals surface area contributed by atoms with Gasteiger partial charge in [0, 0.05) is 44.5 Å². The van der Waals surface area contributed by atoms with Crippen LogP contribution in [0.5, 0.6) is 0 Å². The fourth-order valence-corrected chi connectivity index (χ4v) is 3.90. The Morgan fingerprint density at radius 3 is 2.88 bits per heavy atom. The molecule has 6 heteroatoms. The van der Waals surface area contributed by atoms with E-state index in [9.17, 15) is 0 Å². The number of morpholine rings is 1. The van der Waals surface area contributed by atoms with Crippen LogP contribution in [0.1, 0.15) is 25.6 Å². The molecule has 2 saturated heterocycles. The van der Waals surface area contributed by atoms with Crippen molar-refractivity contribution in [3.8, 4) is 0 Å². The van der Waals surface area contributed by atoms with Gasteiger partial charge in [-0.3, -0.25) is 4.90 Å². The number of aromatic nitrogens is 2. The minimum atomic E-state index is -0.0850. The van der Waals surface area contributed by atoms with Crippen LogP contribution in [0.15, 0.2) is 24.3 Å². The number of hydrogen-bond acceptors (Lipinski definition) is 6. The number of fused-ring (bicyclic) bond motifs is 1. The average Bonchev–Trinajstić information content (AvgIpc) is 2.55. The van der Waals surface area contributed by atoms with Crippen LogP contribution >= 0.6 is 0 Å². The van der Waals surface area contributed by atoms with E-state index in [1.54, 1.807) is 0 Å². The second kappa shape index (κ2) is 6.27. The van der Waals surface area contributed by atoms with E-state index in [0.29, 0.717) is 12.4 Å². The molecule has 2 aliphatic rings. The predicted molar refractivity (Wildman–Crippen MR) is 92.6 cm³/mol. The molecule has 4 rings (SSSR count). The highest BCUT2D eigenvalue weighted by molar-refractivity contribution is 5.87. The second-order valence-electron chi connectivity index (χ2n) is 6.94. The summed E-state index contributed by atoms with van der Waals surface area (Å²) < 4.78 is 11.8. The molecule has 3 heterocycles. The van der Waals surface area contributed by atoms with Crippen molar-refractivity contribution in [1.82, 2.24) is 14.9 Å². The third-order valence-electron chi connectivity index (χ3n) is 4.93. The summed E-state index contributed by atoms with van der Waals surface area (Å²) in [5.74, 6) is 1.33. The first-order valence-electron chi connectivity index (χ1n) is 8.63. The van der Waals surface area contributed by atoms with Gasteiger partial charge in [0.2, 0.25) is 0 Å². The number of para-hydroxylation sites is 1. The van der Waals surface area contributed by atoms with Gasteiger partial charge in [0.05, 0.1) is 23.8 Å². The van der Waals surface area contributed by atoms with Gasteiger partial charge in [-0.25, -0.2) is 9.97 Å². The number of nitrogens with two attached hydrogens (primary N) is 1. The smallest absolute Gasteiger partial charge is 0.145 e. The molecular formula is C18H24N4O2. The molecule has 2 aliphatic heterocycles.